The molecule has 1 aromatic carbocycles. The van der Waals surface area contributed by atoms with Crippen LogP contribution in [-0.4, -0.2) is 70.1 Å². The number of nitrogens with one attached hydrogen (secondary N) is 3. The van der Waals surface area contributed by atoms with Crippen molar-refractivity contribution in [3.63, 3.8) is 0 Å². The first-order chi connectivity index (χ1) is 15.6. The highest BCUT2D eigenvalue weighted by atomic mass is 32.2. The predicted molar refractivity (Wildman–Crippen MR) is 124 cm³/mol. The van der Waals surface area contributed by atoms with E-state index in [4.69, 9.17) is 15.2 Å². The van der Waals surface area contributed by atoms with Crippen molar-refractivity contribution in [2.24, 2.45) is 10.1 Å². The fourth-order valence-electron chi connectivity index (χ4n) is 3.70. The molecule has 12 heteroatoms. The molecule has 178 valence electrons. The van der Waals surface area contributed by atoms with Gasteiger partial charge in [-0.3, -0.25) is 9.52 Å². The number of hydrogen-bond donors (Lipinski definition) is 4. The Kier molecular flexibility index (Phi) is 6.21. The molecule has 0 saturated carbocycles. The molecular weight excluding hydrogens is 448 g/mol. The van der Waals surface area contributed by atoms with Crippen LogP contribution in [0.5, 0.6) is 5.75 Å². The Morgan fingerprint density at radius 1 is 1.33 bits per heavy atom. The van der Waals surface area contributed by atoms with Gasteiger partial charge < -0.3 is 30.7 Å². The number of carbonyl (C=O) groups is 1. The Labute approximate surface area is 192 Å². The standard InChI is InChI=1S/C21H28N6O5S/c1-21(2,13-32-16-5-3-4-15-18(16)19(22)26-33(29,30)25-15)24-20(28)14-6-7-23-17(12-14)27-8-10-31-11-9-27/h3-6,12,23,25H,7-11,13H2,1-2H3,(H2,22,26)(H,24,28). The summed E-state index contributed by atoms with van der Waals surface area (Å²) in [6.45, 7) is 7.24. The van der Waals surface area contributed by atoms with Crippen LogP contribution in [-0.2, 0) is 19.7 Å². The normalized spacial score (nSPS) is 19.7. The van der Waals surface area contributed by atoms with E-state index < -0.39 is 15.7 Å². The van der Waals surface area contributed by atoms with E-state index >= 15 is 0 Å². The molecule has 3 aliphatic heterocycles. The fraction of sp³-hybridized carbons (Fsp3) is 0.429. The van der Waals surface area contributed by atoms with Gasteiger partial charge in [0, 0.05) is 25.2 Å². The molecule has 4 rings (SSSR count). The minimum atomic E-state index is -3.87. The fourth-order valence-corrected chi connectivity index (χ4v) is 4.54. The number of morpholine rings is 1. The lowest BCUT2D eigenvalue weighted by atomic mass is 10.0. The van der Waals surface area contributed by atoms with Crippen molar-refractivity contribution in [3.8, 4) is 5.75 Å². The van der Waals surface area contributed by atoms with Gasteiger partial charge in [0.2, 0.25) is 0 Å². The Morgan fingerprint density at radius 2 is 2.09 bits per heavy atom. The van der Waals surface area contributed by atoms with E-state index in [9.17, 15) is 13.2 Å². The molecule has 3 heterocycles. The second-order valence-electron chi connectivity index (χ2n) is 8.53. The number of nitrogens with two attached hydrogens (primary N) is 1. The molecular formula is C21H28N6O5S. The van der Waals surface area contributed by atoms with Crippen molar-refractivity contribution in [1.82, 2.24) is 15.5 Å². The Bertz CT molecular complexity index is 1140. The van der Waals surface area contributed by atoms with Crippen LogP contribution < -0.4 is 25.8 Å². The lowest BCUT2D eigenvalue weighted by Crippen LogP contribution is -2.49. The Hall–Kier alpha value is -3.25. The van der Waals surface area contributed by atoms with Gasteiger partial charge in [-0.05, 0) is 32.1 Å². The molecule has 1 aromatic rings. The van der Waals surface area contributed by atoms with E-state index in [1.54, 1.807) is 18.2 Å². The minimum Gasteiger partial charge on any atom is -0.490 e. The van der Waals surface area contributed by atoms with Crippen molar-refractivity contribution in [1.29, 1.82) is 0 Å². The first-order valence-electron chi connectivity index (χ1n) is 10.6. The van der Waals surface area contributed by atoms with Crippen LogP contribution in [0.2, 0.25) is 0 Å². The topological polar surface area (TPSA) is 147 Å². The number of amides is 1. The Balaban J connectivity index is 1.42. The van der Waals surface area contributed by atoms with Gasteiger partial charge in [-0.2, -0.15) is 8.42 Å². The van der Waals surface area contributed by atoms with Gasteiger partial charge in [0.25, 0.3) is 5.91 Å². The lowest BCUT2D eigenvalue weighted by molar-refractivity contribution is -0.119. The summed E-state index contributed by atoms with van der Waals surface area (Å²) in [5.41, 5.74) is 6.38. The van der Waals surface area contributed by atoms with Crippen molar-refractivity contribution in [2.75, 3.05) is 44.2 Å². The molecule has 33 heavy (non-hydrogen) atoms. The monoisotopic (exact) mass is 476 g/mol. The third-order valence-electron chi connectivity index (χ3n) is 5.29. The van der Waals surface area contributed by atoms with Crippen LogP contribution in [0.25, 0.3) is 0 Å². The summed E-state index contributed by atoms with van der Waals surface area (Å²) in [5, 5.41) is 6.30. The zero-order chi connectivity index (χ0) is 23.6. The molecule has 0 radical (unpaired) electrons. The van der Waals surface area contributed by atoms with E-state index in [0.29, 0.717) is 42.3 Å². The zero-order valence-corrected chi connectivity index (χ0v) is 19.4. The van der Waals surface area contributed by atoms with Gasteiger partial charge in [0.15, 0.2) is 5.84 Å². The lowest BCUT2D eigenvalue weighted by Gasteiger charge is -2.33. The second kappa shape index (κ2) is 8.94. The van der Waals surface area contributed by atoms with Crippen molar-refractivity contribution < 1.29 is 22.7 Å². The van der Waals surface area contributed by atoms with Gasteiger partial charge >= 0.3 is 10.2 Å². The highest BCUT2D eigenvalue weighted by Gasteiger charge is 2.28. The first kappa shape index (κ1) is 22.9. The molecule has 3 aliphatic rings. The summed E-state index contributed by atoms with van der Waals surface area (Å²) < 4.78 is 40.7. The average molecular weight is 477 g/mol. The van der Waals surface area contributed by atoms with Crippen LogP contribution >= 0.6 is 0 Å². The van der Waals surface area contributed by atoms with Gasteiger partial charge in [0.05, 0.1) is 30.0 Å². The maximum Gasteiger partial charge on any atom is 0.344 e. The third kappa shape index (κ3) is 5.40. The molecule has 0 aromatic heterocycles. The summed E-state index contributed by atoms with van der Waals surface area (Å²) in [6.07, 6.45) is 3.69. The summed E-state index contributed by atoms with van der Waals surface area (Å²) in [6, 6.07) is 4.90. The van der Waals surface area contributed by atoms with E-state index in [1.165, 1.54) is 0 Å². The van der Waals surface area contributed by atoms with Crippen LogP contribution in [0.1, 0.15) is 19.4 Å². The third-order valence-corrected chi connectivity index (χ3v) is 6.21. The van der Waals surface area contributed by atoms with Crippen molar-refractivity contribution >= 4 is 27.6 Å². The molecule has 1 amide bonds. The molecule has 0 aliphatic carbocycles. The number of nitrogens with zero attached hydrogens (tertiary/aromatic N) is 2. The van der Waals surface area contributed by atoms with Gasteiger partial charge in [-0.25, -0.2) is 0 Å². The summed E-state index contributed by atoms with van der Waals surface area (Å²) in [5.74, 6) is 0.920. The van der Waals surface area contributed by atoms with E-state index in [2.05, 4.69) is 24.7 Å². The highest BCUT2D eigenvalue weighted by molar-refractivity contribution is 7.91. The highest BCUT2D eigenvalue weighted by Crippen LogP contribution is 2.31. The molecule has 1 saturated heterocycles. The van der Waals surface area contributed by atoms with E-state index in [1.807, 2.05) is 26.0 Å². The molecule has 0 unspecified atom stereocenters. The van der Waals surface area contributed by atoms with Crippen LogP contribution in [0.4, 0.5) is 5.69 Å². The molecule has 11 nitrogen and oxygen atoms in total. The van der Waals surface area contributed by atoms with Crippen molar-refractivity contribution in [2.45, 2.75) is 19.4 Å². The maximum absolute atomic E-state index is 12.9. The average Bonchev–Trinajstić information content (AvgIpc) is 2.77. The van der Waals surface area contributed by atoms with Gasteiger partial charge in [-0.15, -0.1) is 4.40 Å². The zero-order valence-electron chi connectivity index (χ0n) is 18.6. The van der Waals surface area contributed by atoms with Gasteiger partial charge in [0.1, 0.15) is 18.2 Å². The smallest absolute Gasteiger partial charge is 0.344 e. The molecule has 0 bridgehead atoms. The van der Waals surface area contributed by atoms with Crippen LogP contribution in [0, 0.1) is 0 Å². The summed E-state index contributed by atoms with van der Waals surface area (Å²) >= 11 is 0. The number of benzene rings is 1. The van der Waals surface area contributed by atoms with Crippen LogP contribution in [0.15, 0.2) is 46.1 Å². The van der Waals surface area contributed by atoms with E-state index in [-0.39, 0.29) is 18.3 Å². The SMILES string of the molecule is CC(C)(COc1cccc2c1C(N)=NS(=O)(=O)N2)NC(=O)C1=CCNC(N2CCOCC2)=C1. The van der Waals surface area contributed by atoms with Crippen LogP contribution in [0.3, 0.4) is 0 Å². The number of anilines is 1. The van der Waals surface area contributed by atoms with Crippen molar-refractivity contribution in [3.05, 3.63) is 47.3 Å². The second-order valence-corrected chi connectivity index (χ2v) is 9.87. The predicted octanol–water partition coefficient (Wildman–Crippen LogP) is 0.0390. The number of fused-ring (bicyclic) bond motifs is 1. The number of ether oxygens (including phenoxy) is 2. The molecule has 5 N–H and O–H groups in total. The molecule has 1 fully saturated rings. The molecule has 0 atom stereocenters. The summed E-state index contributed by atoms with van der Waals surface area (Å²) in [7, 11) is -3.87. The van der Waals surface area contributed by atoms with Gasteiger partial charge in [-0.1, -0.05) is 12.1 Å². The summed E-state index contributed by atoms with van der Waals surface area (Å²) in [4.78, 5) is 15.1. The quantitative estimate of drug-likeness (QED) is 0.450. The van der Waals surface area contributed by atoms with E-state index in [0.717, 1.165) is 18.9 Å². The first-order valence-corrected chi connectivity index (χ1v) is 12.0. The number of amidine groups is 1. The number of carbonyl (C=O) groups excluding carboxylic acids is 1. The number of hydrogen-bond acceptors (Lipinski definition) is 8. The number of dihydropyridines is 1. The Morgan fingerprint density at radius 3 is 2.85 bits per heavy atom. The minimum absolute atomic E-state index is 0.126. The molecule has 0 spiro atoms. The largest absolute Gasteiger partial charge is 0.490 e. The maximum atomic E-state index is 12.9. The number of rotatable bonds is 6.